The Labute approximate surface area is 195 Å². The Morgan fingerprint density at radius 2 is 1.84 bits per heavy atom. The van der Waals surface area contributed by atoms with E-state index in [4.69, 9.17) is 5.11 Å². The number of carboxylic acid groups (broad SMARTS) is 1. The summed E-state index contributed by atoms with van der Waals surface area (Å²) in [6, 6.07) is 16.0. The molecular formula is C23H18BrF3N2O2S. The van der Waals surface area contributed by atoms with Crippen LogP contribution in [0.4, 0.5) is 18.9 Å². The molecule has 0 amide bonds. The minimum atomic E-state index is -4.42. The number of nitrogens with zero attached hydrogens (tertiary/aromatic N) is 2. The molecule has 166 valence electrons. The van der Waals surface area contributed by atoms with Crippen molar-refractivity contribution in [3.63, 3.8) is 0 Å². The van der Waals surface area contributed by atoms with Crippen LogP contribution in [0.15, 0.2) is 70.3 Å². The second kappa shape index (κ2) is 9.15. The van der Waals surface area contributed by atoms with Crippen LogP contribution in [-0.2, 0) is 19.1 Å². The van der Waals surface area contributed by atoms with Crippen molar-refractivity contribution >= 4 is 39.3 Å². The van der Waals surface area contributed by atoms with Crippen molar-refractivity contribution in [3.05, 3.63) is 87.5 Å². The molecular weight excluding hydrogens is 505 g/mol. The van der Waals surface area contributed by atoms with Gasteiger partial charge in [-0.25, -0.2) is 9.78 Å². The van der Waals surface area contributed by atoms with E-state index in [1.165, 1.54) is 12.1 Å². The summed E-state index contributed by atoms with van der Waals surface area (Å²) in [5.74, 6) is -0.985. The average Bonchev–Trinajstić information content (AvgIpc) is 2.73. The monoisotopic (exact) mass is 522 g/mol. The molecule has 2 aromatic carbocycles. The Balaban J connectivity index is 1.62. The topological polar surface area (TPSA) is 53.4 Å². The summed E-state index contributed by atoms with van der Waals surface area (Å²) >= 11 is 4.96. The molecule has 3 aromatic rings. The maximum atomic E-state index is 13.5. The molecule has 0 saturated carbocycles. The minimum absolute atomic E-state index is 0.0398. The molecule has 0 bridgehead atoms. The van der Waals surface area contributed by atoms with Crippen molar-refractivity contribution in [2.75, 3.05) is 11.4 Å². The molecule has 4 rings (SSSR count). The Morgan fingerprint density at radius 1 is 1.12 bits per heavy atom. The van der Waals surface area contributed by atoms with Gasteiger partial charge in [0.15, 0.2) is 0 Å². The number of hydrogen-bond donors (Lipinski definition) is 1. The molecule has 0 radical (unpaired) electrons. The molecule has 9 heteroatoms. The van der Waals surface area contributed by atoms with Gasteiger partial charge in [-0.2, -0.15) is 13.2 Å². The third-order valence-electron chi connectivity index (χ3n) is 5.20. The van der Waals surface area contributed by atoms with Crippen molar-refractivity contribution in [1.29, 1.82) is 0 Å². The number of hydrogen-bond acceptors (Lipinski definition) is 4. The zero-order valence-corrected chi connectivity index (χ0v) is 19.0. The fourth-order valence-electron chi connectivity index (χ4n) is 3.72. The molecule has 0 aliphatic carbocycles. The summed E-state index contributed by atoms with van der Waals surface area (Å²) in [5.41, 5.74) is 1.55. The van der Waals surface area contributed by atoms with Gasteiger partial charge in [0.2, 0.25) is 0 Å². The van der Waals surface area contributed by atoms with E-state index in [2.05, 4.69) is 20.9 Å². The van der Waals surface area contributed by atoms with Gasteiger partial charge in [-0.15, -0.1) is 0 Å². The van der Waals surface area contributed by atoms with Crippen LogP contribution in [0.1, 0.15) is 27.0 Å². The predicted octanol–water partition coefficient (Wildman–Crippen LogP) is 6.28. The van der Waals surface area contributed by atoms with E-state index in [-0.39, 0.29) is 22.9 Å². The van der Waals surface area contributed by atoms with Crippen molar-refractivity contribution < 1.29 is 23.1 Å². The molecule has 0 fully saturated rings. The molecule has 1 aromatic heterocycles. The summed E-state index contributed by atoms with van der Waals surface area (Å²) in [5, 5.41) is 9.88. The molecule has 1 atom stereocenters. The summed E-state index contributed by atoms with van der Waals surface area (Å²) in [6.07, 6.45) is -3.79. The first-order chi connectivity index (χ1) is 15.2. The normalized spacial score (nSPS) is 16.0. The highest BCUT2D eigenvalue weighted by Crippen LogP contribution is 2.41. The molecule has 32 heavy (non-hydrogen) atoms. The lowest BCUT2D eigenvalue weighted by atomic mass is 10.0. The van der Waals surface area contributed by atoms with Gasteiger partial charge in [-0.1, -0.05) is 42.1 Å². The van der Waals surface area contributed by atoms with Gasteiger partial charge in [-0.05, 0) is 63.8 Å². The molecule has 4 nitrogen and oxygen atoms in total. The molecule has 1 aliphatic rings. The molecule has 1 N–H and O–H groups in total. The van der Waals surface area contributed by atoms with Gasteiger partial charge >= 0.3 is 12.1 Å². The molecule has 1 unspecified atom stereocenters. The number of aromatic carboxylic acids is 1. The molecule has 0 saturated heterocycles. The first-order valence-corrected chi connectivity index (χ1v) is 11.4. The van der Waals surface area contributed by atoms with Crippen LogP contribution < -0.4 is 4.90 Å². The molecule has 1 aliphatic heterocycles. The van der Waals surface area contributed by atoms with Crippen LogP contribution >= 0.6 is 27.7 Å². The number of alkyl halides is 3. The minimum Gasteiger partial charge on any atom is -0.478 e. The fraction of sp³-hybridized carbons (Fsp3) is 0.217. The van der Waals surface area contributed by atoms with Gasteiger partial charge in [-0.3, -0.25) is 0 Å². The zero-order valence-electron chi connectivity index (χ0n) is 16.6. The molecule has 2 heterocycles. The number of aromatic nitrogens is 1. The predicted molar refractivity (Wildman–Crippen MR) is 121 cm³/mol. The van der Waals surface area contributed by atoms with Crippen molar-refractivity contribution in [3.8, 4) is 0 Å². The molecule has 0 spiro atoms. The van der Waals surface area contributed by atoms with E-state index < -0.39 is 17.7 Å². The number of carbonyl (C=O) groups is 1. The Hall–Kier alpha value is -2.52. The summed E-state index contributed by atoms with van der Waals surface area (Å²) < 4.78 is 41.2. The number of carboxylic acids is 1. The van der Waals surface area contributed by atoms with E-state index in [1.807, 2.05) is 11.0 Å². The number of anilines is 1. The highest BCUT2D eigenvalue weighted by atomic mass is 79.9. The highest BCUT2D eigenvalue weighted by Gasteiger charge is 2.34. The summed E-state index contributed by atoms with van der Waals surface area (Å²) in [4.78, 5) is 17.6. The van der Waals surface area contributed by atoms with Gasteiger partial charge in [0.05, 0.1) is 16.8 Å². The quantitative estimate of drug-likeness (QED) is 0.399. The largest absolute Gasteiger partial charge is 0.478 e. The van der Waals surface area contributed by atoms with Crippen LogP contribution in [0, 0.1) is 0 Å². The number of pyridine rings is 1. The van der Waals surface area contributed by atoms with Crippen molar-refractivity contribution in [1.82, 2.24) is 4.98 Å². The van der Waals surface area contributed by atoms with Crippen LogP contribution in [0.5, 0.6) is 0 Å². The van der Waals surface area contributed by atoms with Crippen LogP contribution in [0.2, 0.25) is 0 Å². The Kier molecular flexibility index (Phi) is 6.48. The smallest absolute Gasteiger partial charge is 0.416 e. The lowest BCUT2D eigenvalue weighted by Gasteiger charge is -2.35. The van der Waals surface area contributed by atoms with Gasteiger partial charge in [0, 0.05) is 18.3 Å². The van der Waals surface area contributed by atoms with E-state index in [9.17, 15) is 18.0 Å². The van der Waals surface area contributed by atoms with Crippen LogP contribution in [0.25, 0.3) is 0 Å². The van der Waals surface area contributed by atoms with Gasteiger partial charge < -0.3 is 10.0 Å². The first-order valence-electron chi connectivity index (χ1n) is 9.76. The van der Waals surface area contributed by atoms with E-state index in [1.54, 1.807) is 48.2 Å². The van der Waals surface area contributed by atoms with Gasteiger partial charge in [0.25, 0.3) is 0 Å². The third kappa shape index (κ3) is 5.10. The number of thioether (sulfide) groups is 1. The average molecular weight is 523 g/mol. The van der Waals surface area contributed by atoms with E-state index in [0.717, 1.165) is 22.3 Å². The number of fused-ring (bicyclic) bond motifs is 1. The van der Waals surface area contributed by atoms with Crippen LogP contribution in [-0.4, -0.2) is 27.9 Å². The number of benzene rings is 2. The van der Waals surface area contributed by atoms with Crippen LogP contribution in [0.3, 0.4) is 0 Å². The maximum Gasteiger partial charge on any atom is 0.416 e. The number of halogens is 4. The maximum absolute atomic E-state index is 13.5. The Morgan fingerprint density at radius 3 is 2.53 bits per heavy atom. The fourth-order valence-corrected chi connectivity index (χ4v) is 5.46. The third-order valence-corrected chi connectivity index (χ3v) is 6.81. The van der Waals surface area contributed by atoms with Crippen molar-refractivity contribution in [2.24, 2.45) is 0 Å². The van der Waals surface area contributed by atoms with Crippen molar-refractivity contribution in [2.45, 2.75) is 29.4 Å². The lowest BCUT2D eigenvalue weighted by molar-refractivity contribution is -0.138. The summed E-state index contributed by atoms with van der Waals surface area (Å²) in [6.45, 7) is 0.648. The second-order valence-corrected chi connectivity index (χ2v) is 9.54. The standard InChI is InChI=1S/C23H18BrF3N2O2S/c24-20-10-9-19-21(28-20)32-17(11-14-5-7-15(8-6-14)22(30)31)13-29(19)12-16-3-1-2-4-18(16)23(25,26)27/h1-10,17H,11-13H2,(H,30,31). The van der Waals surface area contributed by atoms with E-state index in [0.29, 0.717) is 17.6 Å². The van der Waals surface area contributed by atoms with E-state index >= 15 is 0 Å². The first kappa shape index (κ1) is 22.7. The lowest BCUT2D eigenvalue weighted by Crippen LogP contribution is -2.36. The highest BCUT2D eigenvalue weighted by molar-refractivity contribution is 9.10. The van der Waals surface area contributed by atoms with Gasteiger partial charge in [0.1, 0.15) is 9.63 Å². The second-order valence-electron chi connectivity index (χ2n) is 7.44. The summed E-state index contributed by atoms with van der Waals surface area (Å²) in [7, 11) is 0. The number of rotatable bonds is 5. The zero-order chi connectivity index (χ0) is 22.9. The Bertz CT molecular complexity index is 1140. The SMILES string of the molecule is O=C(O)c1ccc(CC2CN(Cc3ccccc3C(F)(F)F)c3ccc(Br)nc3S2)cc1.